The molecular formula is C12H16BrNO3. The fraction of sp³-hybridized carbons (Fsp3) is 0.417. The zero-order valence-corrected chi connectivity index (χ0v) is 11.3. The SMILES string of the molecule is CCOCCCNc1ccc(C(=O)O)c(Br)c1. The number of carbonyl (C=O) groups is 1. The Kier molecular flexibility index (Phi) is 6.00. The second kappa shape index (κ2) is 7.29. The topological polar surface area (TPSA) is 58.6 Å². The van der Waals surface area contributed by atoms with Crippen LogP contribution in [0.1, 0.15) is 23.7 Å². The Morgan fingerprint density at radius 2 is 2.29 bits per heavy atom. The van der Waals surface area contributed by atoms with Crippen molar-refractivity contribution in [2.24, 2.45) is 0 Å². The van der Waals surface area contributed by atoms with Crippen molar-refractivity contribution in [3.8, 4) is 0 Å². The van der Waals surface area contributed by atoms with Crippen LogP contribution in [0.5, 0.6) is 0 Å². The van der Waals surface area contributed by atoms with Gasteiger partial charge < -0.3 is 15.2 Å². The Balaban J connectivity index is 2.45. The lowest BCUT2D eigenvalue weighted by Crippen LogP contribution is -2.06. The van der Waals surface area contributed by atoms with Gasteiger partial charge in [-0.25, -0.2) is 4.79 Å². The third-order valence-corrected chi connectivity index (χ3v) is 2.85. The molecule has 0 aliphatic heterocycles. The second-order valence-corrected chi connectivity index (χ2v) is 4.33. The van der Waals surface area contributed by atoms with Crippen LogP contribution in [-0.2, 0) is 4.74 Å². The third kappa shape index (κ3) is 4.75. The minimum absolute atomic E-state index is 0.268. The second-order valence-electron chi connectivity index (χ2n) is 3.48. The molecule has 17 heavy (non-hydrogen) atoms. The molecule has 0 amide bonds. The molecule has 0 bridgehead atoms. The van der Waals surface area contributed by atoms with Crippen molar-refractivity contribution in [1.29, 1.82) is 0 Å². The van der Waals surface area contributed by atoms with Crippen LogP contribution in [0.25, 0.3) is 0 Å². The number of carboxylic acids is 1. The van der Waals surface area contributed by atoms with Gasteiger partial charge in [0, 0.05) is 29.9 Å². The lowest BCUT2D eigenvalue weighted by atomic mass is 10.2. The summed E-state index contributed by atoms with van der Waals surface area (Å²) >= 11 is 3.24. The average Bonchev–Trinajstić information content (AvgIpc) is 2.28. The Bertz CT molecular complexity index is 382. The molecule has 0 spiro atoms. The fourth-order valence-electron chi connectivity index (χ4n) is 1.35. The zero-order chi connectivity index (χ0) is 12.7. The summed E-state index contributed by atoms with van der Waals surface area (Å²) in [4.78, 5) is 10.8. The molecule has 1 rings (SSSR count). The normalized spacial score (nSPS) is 10.2. The van der Waals surface area contributed by atoms with Crippen LogP contribution in [0.15, 0.2) is 22.7 Å². The first kappa shape index (κ1) is 14.0. The van der Waals surface area contributed by atoms with Crippen LogP contribution in [0.4, 0.5) is 5.69 Å². The quantitative estimate of drug-likeness (QED) is 0.760. The van der Waals surface area contributed by atoms with E-state index in [1.54, 1.807) is 18.2 Å². The van der Waals surface area contributed by atoms with E-state index >= 15 is 0 Å². The molecule has 0 heterocycles. The smallest absolute Gasteiger partial charge is 0.336 e. The first-order chi connectivity index (χ1) is 8.15. The highest BCUT2D eigenvalue weighted by molar-refractivity contribution is 9.10. The Morgan fingerprint density at radius 1 is 1.53 bits per heavy atom. The van der Waals surface area contributed by atoms with E-state index in [0.29, 0.717) is 4.47 Å². The predicted molar refractivity (Wildman–Crippen MR) is 70.7 cm³/mol. The number of anilines is 1. The molecular weight excluding hydrogens is 286 g/mol. The van der Waals surface area contributed by atoms with E-state index in [2.05, 4.69) is 21.2 Å². The van der Waals surface area contributed by atoms with Gasteiger partial charge in [0.2, 0.25) is 0 Å². The fourth-order valence-corrected chi connectivity index (χ4v) is 1.90. The van der Waals surface area contributed by atoms with E-state index < -0.39 is 5.97 Å². The summed E-state index contributed by atoms with van der Waals surface area (Å²) in [5.74, 6) is -0.931. The summed E-state index contributed by atoms with van der Waals surface area (Å²) in [6.45, 7) is 4.24. The number of nitrogens with one attached hydrogen (secondary N) is 1. The minimum atomic E-state index is -0.931. The summed E-state index contributed by atoms with van der Waals surface area (Å²) in [7, 11) is 0. The molecule has 2 N–H and O–H groups in total. The number of ether oxygens (including phenoxy) is 1. The highest BCUT2D eigenvalue weighted by Gasteiger charge is 2.07. The van der Waals surface area contributed by atoms with Crippen molar-refractivity contribution in [3.63, 3.8) is 0 Å². The summed E-state index contributed by atoms with van der Waals surface area (Å²) in [6.07, 6.45) is 0.923. The highest BCUT2D eigenvalue weighted by Crippen LogP contribution is 2.21. The lowest BCUT2D eigenvalue weighted by Gasteiger charge is -2.08. The van der Waals surface area contributed by atoms with E-state index in [1.165, 1.54) is 0 Å². The maximum absolute atomic E-state index is 10.8. The Labute approximate surface area is 109 Å². The van der Waals surface area contributed by atoms with Crippen molar-refractivity contribution in [2.45, 2.75) is 13.3 Å². The number of hydrogen-bond acceptors (Lipinski definition) is 3. The first-order valence-electron chi connectivity index (χ1n) is 5.49. The van der Waals surface area contributed by atoms with Gasteiger partial charge in [-0.15, -0.1) is 0 Å². The predicted octanol–water partition coefficient (Wildman–Crippen LogP) is 2.99. The molecule has 5 heteroatoms. The number of carboxylic acid groups (broad SMARTS) is 1. The van der Waals surface area contributed by atoms with Crippen LogP contribution in [-0.4, -0.2) is 30.8 Å². The van der Waals surface area contributed by atoms with Gasteiger partial charge in [0.25, 0.3) is 0 Å². The molecule has 0 aromatic heterocycles. The van der Waals surface area contributed by atoms with Crippen LogP contribution < -0.4 is 5.32 Å². The maximum atomic E-state index is 10.8. The standard InChI is InChI=1S/C12H16BrNO3/c1-2-17-7-3-6-14-9-4-5-10(12(15)16)11(13)8-9/h4-5,8,14H,2-3,6-7H2,1H3,(H,15,16). The summed E-state index contributed by atoms with van der Waals surface area (Å²) in [5, 5.41) is 12.1. The largest absolute Gasteiger partial charge is 0.478 e. The molecule has 0 atom stereocenters. The maximum Gasteiger partial charge on any atom is 0.336 e. The molecule has 4 nitrogen and oxygen atoms in total. The van der Waals surface area contributed by atoms with Gasteiger partial charge in [0.15, 0.2) is 0 Å². The van der Waals surface area contributed by atoms with Crippen LogP contribution >= 0.6 is 15.9 Å². The molecule has 0 fully saturated rings. The van der Waals surface area contributed by atoms with E-state index in [9.17, 15) is 4.79 Å². The summed E-state index contributed by atoms with van der Waals surface area (Å²) in [5.41, 5.74) is 1.17. The Morgan fingerprint density at radius 3 is 2.88 bits per heavy atom. The molecule has 94 valence electrons. The zero-order valence-electron chi connectivity index (χ0n) is 9.70. The lowest BCUT2D eigenvalue weighted by molar-refractivity contribution is 0.0696. The van der Waals surface area contributed by atoms with Gasteiger partial charge >= 0.3 is 5.97 Å². The Hall–Kier alpha value is -1.07. The van der Waals surface area contributed by atoms with Crippen molar-refractivity contribution in [3.05, 3.63) is 28.2 Å². The third-order valence-electron chi connectivity index (χ3n) is 2.20. The van der Waals surface area contributed by atoms with Crippen LogP contribution in [0.2, 0.25) is 0 Å². The molecule has 0 saturated carbocycles. The van der Waals surface area contributed by atoms with E-state index in [-0.39, 0.29) is 5.56 Å². The minimum Gasteiger partial charge on any atom is -0.478 e. The van der Waals surface area contributed by atoms with Crippen molar-refractivity contribution in [1.82, 2.24) is 0 Å². The summed E-state index contributed by atoms with van der Waals surface area (Å²) < 4.78 is 5.80. The number of halogens is 1. The van der Waals surface area contributed by atoms with Crippen molar-refractivity contribution in [2.75, 3.05) is 25.1 Å². The highest BCUT2D eigenvalue weighted by atomic mass is 79.9. The molecule has 0 aliphatic rings. The number of aromatic carboxylic acids is 1. The molecule has 1 aromatic rings. The van der Waals surface area contributed by atoms with E-state index in [4.69, 9.17) is 9.84 Å². The van der Waals surface area contributed by atoms with Gasteiger partial charge in [-0.05, 0) is 47.5 Å². The van der Waals surface area contributed by atoms with Gasteiger partial charge in [0.05, 0.1) is 5.56 Å². The number of hydrogen-bond donors (Lipinski definition) is 2. The van der Waals surface area contributed by atoms with Gasteiger partial charge in [-0.1, -0.05) is 0 Å². The molecule has 1 aromatic carbocycles. The molecule has 0 unspecified atom stereocenters. The molecule has 0 radical (unpaired) electrons. The van der Waals surface area contributed by atoms with Crippen molar-refractivity contribution >= 4 is 27.6 Å². The molecule has 0 aliphatic carbocycles. The van der Waals surface area contributed by atoms with Gasteiger partial charge in [-0.3, -0.25) is 0 Å². The number of rotatable bonds is 7. The number of benzene rings is 1. The summed E-state index contributed by atoms with van der Waals surface area (Å²) in [6, 6.07) is 5.11. The van der Waals surface area contributed by atoms with E-state index in [1.807, 2.05) is 6.92 Å². The van der Waals surface area contributed by atoms with Crippen LogP contribution in [0, 0.1) is 0 Å². The molecule has 0 saturated heterocycles. The average molecular weight is 302 g/mol. The van der Waals surface area contributed by atoms with Gasteiger partial charge in [-0.2, -0.15) is 0 Å². The van der Waals surface area contributed by atoms with Crippen LogP contribution in [0.3, 0.4) is 0 Å². The monoisotopic (exact) mass is 301 g/mol. The van der Waals surface area contributed by atoms with Crippen molar-refractivity contribution < 1.29 is 14.6 Å². The first-order valence-corrected chi connectivity index (χ1v) is 6.29. The van der Waals surface area contributed by atoms with Gasteiger partial charge in [0.1, 0.15) is 0 Å². The van der Waals surface area contributed by atoms with E-state index in [0.717, 1.165) is 31.9 Å².